The Labute approximate surface area is 128 Å². The Morgan fingerprint density at radius 1 is 1.00 bits per heavy atom. The van der Waals surface area contributed by atoms with Gasteiger partial charge in [0.2, 0.25) is 5.91 Å². The second kappa shape index (κ2) is 7.85. The number of rotatable bonds is 6. The van der Waals surface area contributed by atoms with E-state index in [9.17, 15) is 4.79 Å². The lowest BCUT2D eigenvalue weighted by Crippen LogP contribution is -2.26. The molecule has 0 aromatic heterocycles. The summed E-state index contributed by atoms with van der Waals surface area (Å²) >= 11 is 3.60. The second-order valence-electron chi connectivity index (χ2n) is 4.67. The van der Waals surface area contributed by atoms with Gasteiger partial charge in [0, 0.05) is 13.0 Å². The number of nitrogens with one attached hydrogen (secondary N) is 1. The summed E-state index contributed by atoms with van der Waals surface area (Å²) in [5, 5.41) is 2.97. The maximum Gasteiger partial charge on any atom is 0.220 e. The first-order chi connectivity index (χ1) is 9.75. The maximum absolute atomic E-state index is 11.8. The summed E-state index contributed by atoms with van der Waals surface area (Å²) in [5.41, 5.74) is 2.37. The Morgan fingerprint density at radius 3 is 2.25 bits per heavy atom. The summed E-state index contributed by atoms with van der Waals surface area (Å²) in [6, 6.07) is 20.2. The fraction of sp³-hybridized carbons (Fsp3) is 0.235. The van der Waals surface area contributed by atoms with Crippen molar-refractivity contribution in [2.24, 2.45) is 0 Å². The Hall–Kier alpha value is -1.61. The van der Waals surface area contributed by atoms with Crippen LogP contribution >= 0.6 is 15.9 Å². The third-order valence-corrected chi connectivity index (χ3v) is 3.98. The summed E-state index contributed by atoms with van der Waals surface area (Å²) in [5.74, 6) is 0.0919. The lowest BCUT2D eigenvalue weighted by Gasteiger charge is -2.11. The van der Waals surface area contributed by atoms with Gasteiger partial charge in [-0.2, -0.15) is 0 Å². The Morgan fingerprint density at radius 2 is 1.60 bits per heavy atom. The van der Waals surface area contributed by atoms with Crippen LogP contribution in [0.15, 0.2) is 60.7 Å². The molecule has 0 bridgehead atoms. The SMILES string of the molecule is O=C(CCc1ccccc1)NCC(Br)c1ccccc1. The third kappa shape index (κ3) is 4.82. The molecule has 2 aromatic rings. The van der Waals surface area contributed by atoms with Gasteiger partial charge in [0.15, 0.2) is 0 Å². The zero-order valence-electron chi connectivity index (χ0n) is 11.3. The molecule has 0 saturated heterocycles. The number of carbonyl (C=O) groups is 1. The molecule has 104 valence electrons. The van der Waals surface area contributed by atoms with E-state index < -0.39 is 0 Å². The lowest BCUT2D eigenvalue weighted by molar-refractivity contribution is -0.121. The highest BCUT2D eigenvalue weighted by Gasteiger charge is 2.08. The van der Waals surface area contributed by atoms with Gasteiger partial charge in [-0.3, -0.25) is 4.79 Å². The highest BCUT2D eigenvalue weighted by atomic mass is 79.9. The average molecular weight is 332 g/mol. The van der Waals surface area contributed by atoms with Gasteiger partial charge in [0.25, 0.3) is 0 Å². The number of hydrogen-bond acceptors (Lipinski definition) is 1. The van der Waals surface area contributed by atoms with Crippen LogP contribution in [0.2, 0.25) is 0 Å². The molecule has 0 spiro atoms. The quantitative estimate of drug-likeness (QED) is 0.800. The lowest BCUT2D eigenvalue weighted by atomic mass is 10.1. The van der Waals surface area contributed by atoms with Crippen molar-refractivity contribution in [3.8, 4) is 0 Å². The van der Waals surface area contributed by atoms with Crippen molar-refractivity contribution in [3.05, 3.63) is 71.8 Å². The number of hydrogen-bond donors (Lipinski definition) is 1. The minimum absolute atomic E-state index is 0.0919. The van der Waals surface area contributed by atoms with Crippen LogP contribution in [-0.2, 0) is 11.2 Å². The van der Waals surface area contributed by atoms with E-state index >= 15 is 0 Å². The molecule has 0 saturated carbocycles. The molecule has 0 aliphatic carbocycles. The van der Waals surface area contributed by atoms with Crippen LogP contribution < -0.4 is 5.32 Å². The van der Waals surface area contributed by atoms with Gasteiger partial charge in [0.1, 0.15) is 0 Å². The molecule has 1 atom stereocenters. The van der Waals surface area contributed by atoms with Gasteiger partial charge in [0.05, 0.1) is 4.83 Å². The van der Waals surface area contributed by atoms with Crippen LogP contribution in [0.4, 0.5) is 0 Å². The molecular weight excluding hydrogens is 314 g/mol. The van der Waals surface area contributed by atoms with E-state index in [4.69, 9.17) is 0 Å². The summed E-state index contributed by atoms with van der Waals surface area (Å²) in [7, 11) is 0. The van der Waals surface area contributed by atoms with E-state index in [-0.39, 0.29) is 10.7 Å². The summed E-state index contributed by atoms with van der Waals surface area (Å²) in [6.07, 6.45) is 1.31. The maximum atomic E-state index is 11.8. The number of alkyl halides is 1. The molecule has 2 aromatic carbocycles. The summed E-state index contributed by atoms with van der Waals surface area (Å²) < 4.78 is 0. The molecule has 0 aliphatic heterocycles. The zero-order valence-corrected chi connectivity index (χ0v) is 12.8. The fourth-order valence-electron chi connectivity index (χ4n) is 1.97. The van der Waals surface area contributed by atoms with Crippen molar-refractivity contribution < 1.29 is 4.79 Å². The summed E-state index contributed by atoms with van der Waals surface area (Å²) in [4.78, 5) is 12.0. The standard InChI is InChI=1S/C17H18BrNO/c18-16(15-9-5-2-6-10-15)13-19-17(20)12-11-14-7-3-1-4-8-14/h1-10,16H,11-13H2,(H,19,20). The van der Waals surface area contributed by atoms with Crippen LogP contribution in [-0.4, -0.2) is 12.5 Å². The smallest absolute Gasteiger partial charge is 0.220 e. The van der Waals surface area contributed by atoms with E-state index in [0.717, 1.165) is 6.42 Å². The fourth-order valence-corrected chi connectivity index (χ4v) is 2.44. The Bertz CT molecular complexity index is 527. The predicted octanol–water partition coefficient (Wildman–Crippen LogP) is 3.87. The van der Waals surface area contributed by atoms with E-state index in [2.05, 4.69) is 33.4 Å². The zero-order chi connectivity index (χ0) is 14.2. The first-order valence-electron chi connectivity index (χ1n) is 6.75. The molecule has 1 unspecified atom stereocenters. The normalized spacial score (nSPS) is 11.8. The van der Waals surface area contributed by atoms with E-state index in [1.54, 1.807) is 0 Å². The minimum atomic E-state index is 0.0919. The molecule has 0 aliphatic rings. The number of halogens is 1. The van der Waals surface area contributed by atoms with Gasteiger partial charge in [-0.1, -0.05) is 76.6 Å². The van der Waals surface area contributed by atoms with Gasteiger partial charge in [-0.25, -0.2) is 0 Å². The van der Waals surface area contributed by atoms with Crippen LogP contribution in [0.5, 0.6) is 0 Å². The second-order valence-corrected chi connectivity index (χ2v) is 5.77. The largest absolute Gasteiger partial charge is 0.355 e. The van der Waals surface area contributed by atoms with Crippen LogP contribution in [0, 0.1) is 0 Å². The Kier molecular flexibility index (Phi) is 5.81. The minimum Gasteiger partial charge on any atom is -0.355 e. The van der Waals surface area contributed by atoms with Crippen molar-refractivity contribution in [1.29, 1.82) is 0 Å². The number of amides is 1. The van der Waals surface area contributed by atoms with Crippen molar-refractivity contribution in [1.82, 2.24) is 5.32 Å². The Balaban J connectivity index is 1.73. The first kappa shape index (κ1) is 14.8. The predicted molar refractivity (Wildman–Crippen MR) is 85.9 cm³/mol. The highest BCUT2D eigenvalue weighted by Crippen LogP contribution is 2.20. The molecule has 3 heteroatoms. The third-order valence-electron chi connectivity index (χ3n) is 3.12. The van der Waals surface area contributed by atoms with Crippen LogP contribution in [0.1, 0.15) is 22.4 Å². The molecule has 20 heavy (non-hydrogen) atoms. The van der Waals surface area contributed by atoms with Gasteiger partial charge < -0.3 is 5.32 Å². The number of benzene rings is 2. The highest BCUT2D eigenvalue weighted by molar-refractivity contribution is 9.09. The summed E-state index contributed by atoms with van der Waals surface area (Å²) in [6.45, 7) is 0.609. The molecule has 2 rings (SSSR count). The molecule has 1 N–H and O–H groups in total. The van der Waals surface area contributed by atoms with Gasteiger partial charge in [-0.05, 0) is 17.5 Å². The number of aryl methyl sites for hydroxylation is 1. The van der Waals surface area contributed by atoms with Crippen molar-refractivity contribution in [2.75, 3.05) is 6.54 Å². The van der Waals surface area contributed by atoms with Gasteiger partial charge >= 0.3 is 0 Å². The van der Waals surface area contributed by atoms with Crippen molar-refractivity contribution in [3.63, 3.8) is 0 Å². The first-order valence-corrected chi connectivity index (χ1v) is 7.67. The molecule has 0 fully saturated rings. The van der Waals surface area contributed by atoms with Crippen molar-refractivity contribution >= 4 is 21.8 Å². The van der Waals surface area contributed by atoms with Crippen LogP contribution in [0.3, 0.4) is 0 Å². The van der Waals surface area contributed by atoms with E-state index in [1.807, 2.05) is 48.5 Å². The molecule has 2 nitrogen and oxygen atoms in total. The molecule has 0 radical (unpaired) electrons. The van der Waals surface area contributed by atoms with E-state index in [0.29, 0.717) is 13.0 Å². The molecule has 1 amide bonds. The molecule has 0 heterocycles. The monoisotopic (exact) mass is 331 g/mol. The van der Waals surface area contributed by atoms with E-state index in [1.165, 1.54) is 11.1 Å². The molecular formula is C17H18BrNO. The average Bonchev–Trinajstić information content (AvgIpc) is 2.52. The van der Waals surface area contributed by atoms with Crippen molar-refractivity contribution in [2.45, 2.75) is 17.7 Å². The number of carbonyl (C=O) groups excluding carboxylic acids is 1. The topological polar surface area (TPSA) is 29.1 Å². The van der Waals surface area contributed by atoms with Gasteiger partial charge in [-0.15, -0.1) is 0 Å². The van der Waals surface area contributed by atoms with Crippen LogP contribution in [0.25, 0.3) is 0 Å².